The van der Waals surface area contributed by atoms with E-state index in [0.717, 1.165) is 31.2 Å². The van der Waals surface area contributed by atoms with Crippen molar-refractivity contribution in [2.75, 3.05) is 37.2 Å². The minimum atomic E-state index is -0.582. The van der Waals surface area contributed by atoms with Crippen molar-refractivity contribution in [2.24, 2.45) is 0 Å². The fourth-order valence-electron chi connectivity index (χ4n) is 5.33. The van der Waals surface area contributed by atoms with Crippen molar-refractivity contribution in [3.8, 4) is 22.8 Å². The first-order valence-electron chi connectivity index (χ1n) is 13.0. The molecule has 0 atom stereocenters. The zero-order valence-corrected chi connectivity index (χ0v) is 20.9. The van der Waals surface area contributed by atoms with E-state index >= 15 is 0 Å². The van der Waals surface area contributed by atoms with Gasteiger partial charge in [-0.3, -0.25) is 9.69 Å². The molecule has 0 spiro atoms. The van der Waals surface area contributed by atoms with Crippen LogP contribution in [0.3, 0.4) is 0 Å². The molecule has 5 rings (SSSR count). The lowest BCUT2D eigenvalue weighted by molar-refractivity contribution is 0.0896. The maximum absolute atomic E-state index is 12.8. The SMILES string of the molecule is Nc1ncc(-c2ccc(CN3CCC(N4CCCCC4)CC3)cc2)nc1C(=O)Nc1cc(O)cc(O)c1. The highest BCUT2D eigenvalue weighted by Crippen LogP contribution is 2.26. The molecule has 194 valence electrons. The minimum Gasteiger partial charge on any atom is -0.508 e. The molecule has 2 saturated heterocycles. The van der Waals surface area contributed by atoms with Crippen molar-refractivity contribution in [3.63, 3.8) is 0 Å². The summed E-state index contributed by atoms with van der Waals surface area (Å²) in [7, 11) is 0. The zero-order valence-electron chi connectivity index (χ0n) is 20.9. The summed E-state index contributed by atoms with van der Waals surface area (Å²) in [5.74, 6) is -0.930. The number of phenols is 2. The number of aromatic hydroxyl groups is 2. The van der Waals surface area contributed by atoms with E-state index in [9.17, 15) is 15.0 Å². The average Bonchev–Trinajstić information content (AvgIpc) is 2.90. The topological polar surface area (TPSA) is 128 Å². The van der Waals surface area contributed by atoms with E-state index in [2.05, 4.69) is 37.2 Å². The molecule has 0 bridgehead atoms. The summed E-state index contributed by atoms with van der Waals surface area (Å²) in [6, 6.07) is 12.7. The molecule has 0 aliphatic carbocycles. The lowest BCUT2D eigenvalue weighted by Crippen LogP contribution is -2.46. The number of nitrogen functional groups attached to an aromatic ring is 1. The summed E-state index contributed by atoms with van der Waals surface area (Å²) in [6.07, 6.45) is 8.11. The van der Waals surface area contributed by atoms with Gasteiger partial charge >= 0.3 is 0 Å². The Kier molecular flexibility index (Phi) is 7.52. The molecule has 2 aliphatic rings. The summed E-state index contributed by atoms with van der Waals surface area (Å²) >= 11 is 0. The average molecular weight is 503 g/mol. The Labute approximate surface area is 217 Å². The molecule has 3 aromatic rings. The lowest BCUT2D eigenvalue weighted by atomic mass is 9.99. The summed E-state index contributed by atoms with van der Waals surface area (Å²) < 4.78 is 0. The number of nitrogens with zero attached hydrogens (tertiary/aromatic N) is 4. The Morgan fingerprint density at radius 1 is 0.973 bits per heavy atom. The predicted octanol–water partition coefficient (Wildman–Crippen LogP) is 3.84. The molecule has 9 nitrogen and oxygen atoms in total. The van der Waals surface area contributed by atoms with Gasteiger partial charge in [0.25, 0.3) is 5.91 Å². The van der Waals surface area contributed by atoms with Gasteiger partial charge in [-0.1, -0.05) is 30.7 Å². The van der Waals surface area contributed by atoms with E-state index < -0.39 is 5.91 Å². The highest BCUT2D eigenvalue weighted by Gasteiger charge is 2.25. The first kappa shape index (κ1) is 25.0. The van der Waals surface area contributed by atoms with Crippen LogP contribution >= 0.6 is 0 Å². The van der Waals surface area contributed by atoms with Crippen LogP contribution in [0, 0.1) is 0 Å². The Balaban J connectivity index is 1.21. The number of nitrogens with two attached hydrogens (primary N) is 1. The number of piperidine rings is 2. The highest BCUT2D eigenvalue weighted by molar-refractivity contribution is 6.06. The maximum atomic E-state index is 12.8. The van der Waals surface area contributed by atoms with Crippen LogP contribution in [-0.4, -0.2) is 68.1 Å². The third-order valence-corrected chi connectivity index (χ3v) is 7.30. The molecular formula is C28H34N6O3. The molecule has 37 heavy (non-hydrogen) atoms. The van der Waals surface area contributed by atoms with Crippen LogP contribution in [0.1, 0.15) is 48.2 Å². The molecule has 5 N–H and O–H groups in total. The van der Waals surface area contributed by atoms with E-state index in [-0.39, 0.29) is 28.7 Å². The third-order valence-electron chi connectivity index (χ3n) is 7.30. The standard InChI is InChI=1S/C28H34N6O3/c29-27-26(28(37)31-21-14-23(35)16-24(36)15-21)32-25(17-30-27)20-6-4-19(5-7-20)18-33-12-8-22(9-13-33)34-10-2-1-3-11-34/h4-7,14-17,22,35-36H,1-3,8-13,18H2,(H2,29,30)(H,31,37). The Morgan fingerprint density at radius 3 is 2.32 bits per heavy atom. The molecule has 9 heteroatoms. The van der Waals surface area contributed by atoms with Gasteiger partial charge in [-0.2, -0.15) is 0 Å². The highest BCUT2D eigenvalue weighted by atomic mass is 16.3. The number of carbonyl (C=O) groups is 1. The number of hydrogen-bond donors (Lipinski definition) is 4. The van der Waals surface area contributed by atoms with Gasteiger partial charge in [0.2, 0.25) is 0 Å². The number of carbonyl (C=O) groups excluding carboxylic acids is 1. The van der Waals surface area contributed by atoms with Crippen molar-refractivity contribution < 1.29 is 15.0 Å². The van der Waals surface area contributed by atoms with Gasteiger partial charge in [-0.05, 0) is 57.4 Å². The van der Waals surface area contributed by atoms with Gasteiger partial charge in [-0.15, -0.1) is 0 Å². The number of hydrogen-bond acceptors (Lipinski definition) is 8. The second-order valence-electron chi connectivity index (χ2n) is 9.98. The van der Waals surface area contributed by atoms with Crippen molar-refractivity contribution in [3.05, 3.63) is 59.9 Å². The largest absolute Gasteiger partial charge is 0.508 e. The molecule has 0 unspecified atom stereocenters. The van der Waals surface area contributed by atoms with Gasteiger partial charge < -0.3 is 26.2 Å². The van der Waals surface area contributed by atoms with Gasteiger partial charge in [-0.25, -0.2) is 9.97 Å². The number of aromatic nitrogens is 2. The van der Waals surface area contributed by atoms with E-state index in [1.54, 1.807) is 6.20 Å². The van der Waals surface area contributed by atoms with Crippen LogP contribution in [0.4, 0.5) is 11.5 Å². The van der Waals surface area contributed by atoms with Crippen molar-refractivity contribution >= 4 is 17.4 Å². The number of rotatable bonds is 6. The molecule has 3 heterocycles. The summed E-state index contributed by atoms with van der Waals surface area (Å²) in [6.45, 7) is 5.71. The van der Waals surface area contributed by atoms with E-state index in [4.69, 9.17) is 5.73 Å². The van der Waals surface area contributed by atoms with Crippen LogP contribution in [0.25, 0.3) is 11.3 Å². The monoisotopic (exact) mass is 502 g/mol. The smallest absolute Gasteiger partial charge is 0.278 e. The summed E-state index contributed by atoms with van der Waals surface area (Å²) in [5.41, 5.74) is 8.73. The number of anilines is 2. The molecular weight excluding hydrogens is 468 g/mol. The molecule has 2 aromatic carbocycles. The normalized spacial score (nSPS) is 17.5. The number of phenolic OH excluding ortho intramolecular Hbond substituents is 2. The van der Waals surface area contributed by atoms with E-state index in [1.165, 1.54) is 69.0 Å². The van der Waals surface area contributed by atoms with Gasteiger partial charge in [0.1, 0.15) is 11.5 Å². The molecule has 1 amide bonds. The van der Waals surface area contributed by atoms with Gasteiger partial charge in [0, 0.05) is 42.0 Å². The molecule has 0 saturated carbocycles. The van der Waals surface area contributed by atoms with Crippen molar-refractivity contribution in [1.82, 2.24) is 19.8 Å². The van der Waals surface area contributed by atoms with Crippen LogP contribution in [0.15, 0.2) is 48.7 Å². The minimum absolute atomic E-state index is 0.00444. The first-order valence-corrected chi connectivity index (χ1v) is 13.0. The Hall–Kier alpha value is -3.69. The predicted molar refractivity (Wildman–Crippen MR) is 143 cm³/mol. The number of nitrogens with one attached hydrogen (secondary N) is 1. The number of likely N-dealkylation sites (tertiary alicyclic amines) is 2. The summed E-state index contributed by atoms with van der Waals surface area (Å²) in [4.78, 5) is 26.6. The second-order valence-corrected chi connectivity index (χ2v) is 9.98. The van der Waals surface area contributed by atoms with Crippen LogP contribution in [0.5, 0.6) is 11.5 Å². The molecule has 2 fully saturated rings. The second kappa shape index (κ2) is 11.1. The lowest BCUT2D eigenvalue weighted by Gasteiger charge is -2.40. The van der Waals surface area contributed by atoms with Crippen LogP contribution in [0.2, 0.25) is 0 Å². The van der Waals surface area contributed by atoms with Crippen LogP contribution in [-0.2, 0) is 6.54 Å². The van der Waals surface area contributed by atoms with Crippen LogP contribution < -0.4 is 11.1 Å². The third kappa shape index (κ3) is 6.18. The van der Waals surface area contributed by atoms with Gasteiger partial charge in [0.05, 0.1) is 11.9 Å². The van der Waals surface area contributed by atoms with E-state index in [1.807, 2.05) is 12.1 Å². The maximum Gasteiger partial charge on any atom is 0.278 e. The summed E-state index contributed by atoms with van der Waals surface area (Å²) in [5, 5.41) is 21.9. The molecule has 1 aromatic heterocycles. The first-order chi connectivity index (χ1) is 17.9. The van der Waals surface area contributed by atoms with Crippen molar-refractivity contribution in [1.29, 1.82) is 0 Å². The fraction of sp³-hybridized carbons (Fsp3) is 0.393. The molecule has 2 aliphatic heterocycles. The fourth-order valence-corrected chi connectivity index (χ4v) is 5.33. The number of amides is 1. The molecule has 0 radical (unpaired) electrons. The van der Waals surface area contributed by atoms with Crippen molar-refractivity contribution in [2.45, 2.75) is 44.7 Å². The van der Waals surface area contributed by atoms with Gasteiger partial charge in [0.15, 0.2) is 11.5 Å². The Bertz CT molecular complexity index is 1210. The Morgan fingerprint density at radius 2 is 1.65 bits per heavy atom. The zero-order chi connectivity index (χ0) is 25.8. The quantitative estimate of drug-likeness (QED) is 0.400. The number of benzene rings is 2. The van der Waals surface area contributed by atoms with E-state index in [0.29, 0.717) is 5.69 Å².